The molecule has 0 spiro atoms. The lowest BCUT2D eigenvalue weighted by atomic mass is 10.1. The Kier molecular flexibility index (Phi) is 5.15. The van der Waals surface area contributed by atoms with Crippen LogP contribution in [0.4, 0.5) is 0 Å². The van der Waals surface area contributed by atoms with E-state index in [9.17, 15) is 4.79 Å². The average Bonchev–Trinajstić information content (AvgIpc) is 2.96. The van der Waals surface area contributed by atoms with Gasteiger partial charge in [-0.3, -0.25) is 0 Å². The lowest BCUT2D eigenvalue weighted by Crippen LogP contribution is -2.12. The summed E-state index contributed by atoms with van der Waals surface area (Å²) in [7, 11) is 1.60. The molecule has 0 aliphatic carbocycles. The summed E-state index contributed by atoms with van der Waals surface area (Å²) in [6, 6.07) is 5.49. The first-order valence-electron chi connectivity index (χ1n) is 6.46. The Bertz CT molecular complexity index is 489. The van der Waals surface area contributed by atoms with Crippen molar-refractivity contribution in [3.8, 4) is 5.75 Å². The molecule has 1 unspecified atom stereocenters. The summed E-state index contributed by atoms with van der Waals surface area (Å²) in [5.41, 5.74) is 1.70. The van der Waals surface area contributed by atoms with Gasteiger partial charge in [-0.25, -0.2) is 4.79 Å². The molecule has 1 aromatic rings. The Morgan fingerprint density at radius 2 is 2.40 bits per heavy atom. The van der Waals surface area contributed by atoms with Crippen molar-refractivity contribution in [2.75, 3.05) is 20.3 Å². The van der Waals surface area contributed by atoms with E-state index in [1.54, 1.807) is 19.3 Å². The van der Waals surface area contributed by atoms with Crippen molar-refractivity contribution in [2.24, 2.45) is 0 Å². The maximum absolute atomic E-state index is 10.5. The molecule has 1 N–H and O–H groups in total. The van der Waals surface area contributed by atoms with Crippen molar-refractivity contribution in [3.63, 3.8) is 0 Å². The summed E-state index contributed by atoms with van der Waals surface area (Å²) in [4.78, 5) is 10.5. The molecule has 20 heavy (non-hydrogen) atoms. The quantitative estimate of drug-likeness (QED) is 0.807. The molecule has 108 valence electrons. The summed E-state index contributed by atoms with van der Waals surface area (Å²) in [5.74, 6) is -0.238. The molecule has 2 rings (SSSR count). The molecule has 0 amide bonds. The molecular weight excluding hydrogens is 260 g/mol. The summed E-state index contributed by atoms with van der Waals surface area (Å²) in [6.07, 6.45) is 3.68. The molecule has 1 fully saturated rings. The number of carboxylic acid groups (broad SMARTS) is 1. The van der Waals surface area contributed by atoms with Gasteiger partial charge in [-0.05, 0) is 30.2 Å². The first-order chi connectivity index (χ1) is 9.69. The van der Waals surface area contributed by atoms with Gasteiger partial charge in [0, 0.05) is 18.2 Å². The van der Waals surface area contributed by atoms with E-state index in [-0.39, 0.29) is 6.10 Å². The molecule has 5 heteroatoms. The Labute approximate surface area is 117 Å². The van der Waals surface area contributed by atoms with E-state index in [2.05, 4.69) is 0 Å². The third kappa shape index (κ3) is 4.08. The van der Waals surface area contributed by atoms with Crippen molar-refractivity contribution in [1.29, 1.82) is 0 Å². The summed E-state index contributed by atoms with van der Waals surface area (Å²) >= 11 is 0. The fourth-order valence-electron chi connectivity index (χ4n) is 2.03. The van der Waals surface area contributed by atoms with Crippen LogP contribution in [0.5, 0.6) is 5.75 Å². The molecule has 5 nitrogen and oxygen atoms in total. The van der Waals surface area contributed by atoms with Gasteiger partial charge in [-0.2, -0.15) is 0 Å². The van der Waals surface area contributed by atoms with Gasteiger partial charge in [-0.1, -0.05) is 6.07 Å². The second kappa shape index (κ2) is 7.07. The molecule has 0 bridgehead atoms. The minimum Gasteiger partial charge on any atom is -0.496 e. The molecule has 1 atom stereocenters. The van der Waals surface area contributed by atoms with E-state index in [1.807, 2.05) is 12.1 Å². The first kappa shape index (κ1) is 14.6. The number of hydrogen-bond acceptors (Lipinski definition) is 4. The van der Waals surface area contributed by atoms with E-state index >= 15 is 0 Å². The molecular formula is C15H18O5. The van der Waals surface area contributed by atoms with E-state index in [0.717, 1.165) is 36.0 Å². The van der Waals surface area contributed by atoms with Crippen LogP contribution in [-0.4, -0.2) is 37.5 Å². The summed E-state index contributed by atoms with van der Waals surface area (Å²) in [6.45, 7) is 1.79. The van der Waals surface area contributed by atoms with Crippen molar-refractivity contribution in [2.45, 2.75) is 19.1 Å². The smallest absolute Gasteiger partial charge is 0.328 e. The van der Waals surface area contributed by atoms with Gasteiger partial charge in [0.1, 0.15) is 5.75 Å². The predicted octanol–water partition coefficient (Wildman–Crippen LogP) is 2.10. The highest BCUT2D eigenvalue weighted by atomic mass is 16.5. The molecule has 0 aromatic heterocycles. The van der Waals surface area contributed by atoms with Crippen LogP contribution in [0.2, 0.25) is 0 Å². The molecule has 1 aromatic carbocycles. The second-order valence-electron chi connectivity index (χ2n) is 4.54. The number of carboxylic acids is 1. The molecule has 1 heterocycles. The SMILES string of the molecule is COc1ccc(C=CC(=O)O)cc1COC1CCOC1. The highest BCUT2D eigenvalue weighted by Gasteiger charge is 2.16. The van der Waals surface area contributed by atoms with Crippen LogP contribution in [0.1, 0.15) is 17.5 Å². The fraction of sp³-hybridized carbons (Fsp3) is 0.400. The van der Waals surface area contributed by atoms with E-state index in [1.165, 1.54) is 0 Å². The van der Waals surface area contributed by atoms with Crippen molar-refractivity contribution in [3.05, 3.63) is 35.4 Å². The number of aliphatic carboxylic acids is 1. The molecule has 0 saturated carbocycles. The Hall–Kier alpha value is -1.85. The topological polar surface area (TPSA) is 65.0 Å². The number of benzene rings is 1. The third-order valence-corrected chi connectivity index (χ3v) is 3.09. The zero-order valence-electron chi connectivity index (χ0n) is 11.4. The number of carbonyl (C=O) groups is 1. The first-order valence-corrected chi connectivity index (χ1v) is 6.46. The standard InChI is InChI=1S/C15H18O5/c1-18-14-4-2-11(3-5-15(16)17)8-12(14)9-20-13-6-7-19-10-13/h2-5,8,13H,6-7,9-10H2,1H3,(H,16,17). The van der Waals surface area contributed by atoms with Crippen molar-refractivity contribution in [1.82, 2.24) is 0 Å². The summed E-state index contributed by atoms with van der Waals surface area (Å²) in [5, 5.41) is 8.64. The predicted molar refractivity (Wildman–Crippen MR) is 73.7 cm³/mol. The highest BCUT2D eigenvalue weighted by Crippen LogP contribution is 2.23. The lowest BCUT2D eigenvalue weighted by molar-refractivity contribution is -0.131. The lowest BCUT2D eigenvalue weighted by Gasteiger charge is -2.13. The van der Waals surface area contributed by atoms with Crippen molar-refractivity contribution < 1.29 is 24.1 Å². The van der Waals surface area contributed by atoms with Gasteiger partial charge in [0.25, 0.3) is 0 Å². The Morgan fingerprint density at radius 3 is 3.05 bits per heavy atom. The summed E-state index contributed by atoms with van der Waals surface area (Å²) < 4.78 is 16.3. The number of rotatable bonds is 6. The van der Waals surface area contributed by atoms with Crippen LogP contribution in [0.25, 0.3) is 6.08 Å². The van der Waals surface area contributed by atoms with Crippen LogP contribution in [0, 0.1) is 0 Å². The van der Waals surface area contributed by atoms with Crippen LogP contribution < -0.4 is 4.74 Å². The zero-order chi connectivity index (χ0) is 14.4. The zero-order valence-corrected chi connectivity index (χ0v) is 11.4. The van der Waals surface area contributed by atoms with Crippen LogP contribution >= 0.6 is 0 Å². The van der Waals surface area contributed by atoms with E-state index < -0.39 is 5.97 Å². The number of hydrogen-bond donors (Lipinski definition) is 1. The van der Waals surface area contributed by atoms with Gasteiger partial charge in [0.2, 0.25) is 0 Å². The van der Waals surface area contributed by atoms with Crippen LogP contribution in [0.3, 0.4) is 0 Å². The number of ether oxygens (including phenoxy) is 3. The second-order valence-corrected chi connectivity index (χ2v) is 4.54. The third-order valence-electron chi connectivity index (χ3n) is 3.09. The molecule has 0 radical (unpaired) electrons. The maximum Gasteiger partial charge on any atom is 0.328 e. The molecule has 1 saturated heterocycles. The van der Waals surface area contributed by atoms with Crippen LogP contribution in [0.15, 0.2) is 24.3 Å². The average molecular weight is 278 g/mol. The fourth-order valence-corrected chi connectivity index (χ4v) is 2.03. The largest absolute Gasteiger partial charge is 0.496 e. The van der Waals surface area contributed by atoms with Gasteiger partial charge in [0.05, 0.1) is 26.4 Å². The van der Waals surface area contributed by atoms with Gasteiger partial charge in [0.15, 0.2) is 0 Å². The monoisotopic (exact) mass is 278 g/mol. The maximum atomic E-state index is 10.5. The Balaban J connectivity index is 2.07. The van der Waals surface area contributed by atoms with Crippen LogP contribution in [-0.2, 0) is 20.9 Å². The highest BCUT2D eigenvalue weighted by molar-refractivity contribution is 5.85. The van der Waals surface area contributed by atoms with E-state index in [4.69, 9.17) is 19.3 Å². The molecule has 1 aliphatic heterocycles. The minimum absolute atomic E-state index is 0.123. The van der Waals surface area contributed by atoms with Gasteiger partial charge >= 0.3 is 5.97 Å². The van der Waals surface area contributed by atoms with E-state index in [0.29, 0.717) is 13.2 Å². The molecule has 1 aliphatic rings. The minimum atomic E-state index is -0.971. The Morgan fingerprint density at radius 1 is 1.55 bits per heavy atom. The van der Waals surface area contributed by atoms with Crippen molar-refractivity contribution >= 4 is 12.0 Å². The van der Waals surface area contributed by atoms with Gasteiger partial charge in [-0.15, -0.1) is 0 Å². The van der Waals surface area contributed by atoms with Gasteiger partial charge < -0.3 is 19.3 Å². The number of methoxy groups -OCH3 is 1. The normalized spacial score (nSPS) is 18.6.